The molecule has 4 atom stereocenters. The minimum Gasteiger partial charge on any atom is -0.455 e. The maximum atomic E-state index is 12.8. The highest BCUT2D eigenvalue weighted by atomic mass is 16.6. The summed E-state index contributed by atoms with van der Waals surface area (Å²) in [6.45, 7) is 13.6. The summed E-state index contributed by atoms with van der Waals surface area (Å²) in [5, 5.41) is 0. The topological polar surface area (TPSA) is 63.2 Å². The SMILES string of the molecule is C=C(C)C(=O)OC12CC3CC(OCCCCCCC4(CCC)CCO4)(CC(OCCCCCCC4(CCC)CCO4)(C3)C1)C2. The molecule has 4 aliphatic carbocycles. The molecule has 2 heterocycles. The Hall–Kier alpha value is -0.950. The van der Waals surface area contributed by atoms with E-state index in [1.54, 1.807) is 6.92 Å². The molecule has 4 bridgehead atoms. The highest BCUT2D eigenvalue weighted by molar-refractivity contribution is 5.87. The zero-order valence-corrected chi connectivity index (χ0v) is 28.6. The fourth-order valence-electron chi connectivity index (χ4n) is 10.0. The fourth-order valence-corrected chi connectivity index (χ4v) is 10.0. The average molecular weight is 617 g/mol. The summed E-state index contributed by atoms with van der Waals surface area (Å²) in [6, 6.07) is 0. The Morgan fingerprint density at radius 1 is 0.682 bits per heavy atom. The molecule has 6 rings (SSSR count). The minimum absolute atomic E-state index is 0.191. The lowest BCUT2D eigenvalue weighted by Gasteiger charge is -2.64. The van der Waals surface area contributed by atoms with Gasteiger partial charge in [-0.3, -0.25) is 0 Å². The van der Waals surface area contributed by atoms with Gasteiger partial charge in [0, 0.05) is 38.0 Å². The molecule has 4 unspecified atom stereocenters. The van der Waals surface area contributed by atoms with Gasteiger partial charge in [-0.2, -0.15) is 0 Å². The third-order valence-corrected chi connectivity index (χ3v) is 11.8. The Balaban J connectivity index is 1.09. The second-order valence-corrected chi connectivity index (χ2v) is 15.8. The molecule has 0 aromatic rings. The Morgan fingerprint density at radius 3 is 1.52 bits per heavy atom. The fraction of sp³-hybridized carbons (Fsp3) is 0.921. The van der Waals surface area contributed by atoms with Crippen LogP contribution in [0.3, 0.4) is 0 Å². The van der Waals surface area contributed by atoms with Crippen molar-refractivity contribution in [2.45, 2.75) is 190 Å². The number of hydrogen-bond donors (Lipinski definition) is 0. The van der Waals surface area contributed by atoms with Gasteiger partial charge in [-0.25, -0.2) is 4.79 Å². The Labute approximate surface area is 268 Å². The summed E-state index contributed by atoms with van der Waals surface area (Å²) in [5.41, 5.74) is -0.103. The van der Waals surface area contributed by atoms with Crippen molar-refractivity contribution in [3.8, 4) is 0 Å². The second kappa shape index (κ2) is 14.9. The lowest BCUT2D eigenvalue weighted by Crippen LogP contribution is -2.68. The molecule has 0 spiro atoms. The van der Waals surface area contributed by atoms with E-state index < -0.39 is 5.60 Å². The molecule has 2 saturated heterocycles. The van der Waals surface area contributed by atoms with Gasteiger partial charge >= 0.3 is 5.97 Å². The molecule has 0 amide bonds. The maximum absolute atomic E-state index is 12.8. The van der Waals surface area contributed by atoms with E-state index in [9.17, 15) is 4.79 Å². The summed E-state index contributed by atoms with van der Waals surface area (Å²) in [5.74, 6) is 0.225. The standard InChI is InChI=1S/C38H64O6/c1-5-15-34(19-23-42-34)17-11-7-9-13-21-40-36-25-32-26-37(28-36,30-38(27-32,29-36)44-33(39)31(3)4)41-22-14-10-8-12-18-35(16-6-2)20-24-43-35/h32H,3,5-30H2,1-2,4H3. The molecular formula is C38H64O6. The van der Waals surface area contributed by atoms with Crippen LogP contribution < -0.4 is 0 Å². The number of carbonyl (C=O) groups is 1. The Morgan fingerprint density at radius 2 is 1.11 bits per heavy atom. The maximum Gasteiger partial charge on any atom is 0.333 e. The van der Waals surface area contributed by atoms with Crippen molar-refractivity contribution in [2.75, 3.05) is 26.4 Å². The number of esters is 1. The van der Waals surface area contributed by atoms with Gasteiger partial charge in [0.2, 0.25) is 0 Å². The molecule has 0 aromatic heterocycles. The quantitative estimate of drug-likeness (QED) is 0.0687. The number of rotatable bonds is 22. The predicted octanol–water partition coefficient (Wildman–Crippen LogP) is 9.17. The average Bonchev–Trinajstić information content (AvgIpc) is 2.92. The largest absolute Gasteiger partial charge is 0.455 e. The summed E-state index contributed by atoms with van der Waals surface area (Å²) < 4.78 is 32.0. The zero-order valence-electron chi connectivity index (χ0n) is 28.6. The number of hydrogen-bond acceptors (Lipinski definition) is 6. The zero-order chi connectivity index (χ0) is 31.2. The van der Waals surface area contributed by atoms with Crippen molar-refractivity contribution in [1.82, 2.24) is 0 Å². The number of carbonyl (C=O) groups excluding carboxylic acids is 1. The highest BCUT2D eigenvalue weighted by Crippen LogP contribution is 2.63. The first-order chi connectivity index (χ1) is 21.2. The van der Waals surface area contributed by atoms with Crippen molar-refractivity contribution >= 4 is 5.97 Å². The Bertz CT molecular complexity index is 897. The summed E-state index contributed by atoms with van der Waals surface area (Å²) in [7, 11) is 0. The normalized spacial score (nSPS) is 37.0. The Kier molecular flexibility index (Phi) is 11.6. The van der Waals surface area contributed by atoms with Crippen molar-refractivity contribution in [3.05, 3.63) is 12.2 Å². The van der Waals surface area contributed by atoms with Crippen molar-refractivity contribution in [1.29, 1.82) is 0 Å². The van der Waals surface area contributed by atoms with Crippen LogP contribution in [0.25, 0.3) is 0 Å². The first kappa shape index (κ1) is 34.4. The van der Waals surface area contributed by atoms with Crippen molar-refractivity contribution in [3.63, 3.8) is 0 Å². The van der Waals surface area contributed by atoms with Crippen LogP contribution in [0, 0.1) is 5.92 Å². The molecule has 6 heteroatoms. The van der Waals surface area contributed by atoms with Gasteiger partial charge in [0.25, 0.3) is 0 Å². The van der Waals surface area contributed by atoms with Gasteiger partial charge in [-0.1, -0.05) is 71.8 Å². The van der Waals surface area contributed by atoms with Crippen molar-refractivity contribution in [2.24, 2.45) is 5.92 Å². The molecule has 252 valence electrons. The van der Waals surface area contributed by atoms with E-state index in [1.165, 1.54) is 89.9 Å². The molecule has 4 saturated carbocycles. The van der Waals surface area contributed by atoms with Crippen LogP contribution in [0.4, 0.5) is 0 Å². The molecule has 0 aromatic carbocycles. The third kappa shape index (κ3) is 8.30. The van der Waals surface area contributed by atoms with Crippen LogP contribution >= 0.6 is 0 Å². The number of unbranched alkanes of at least 4 members (excludes halogenated alkanes) is 6. The van der Waals surface area contributed by atoms with Crippen LogP contribution in [-0.2, 0) is 28.5 Å². The van der Waals surface area contributed by atoms with Crippen LogP contribution in [0.2, 0.25) is 0 Å². The van der Waals surface area contributed by atoms with Gasteiger partial charge in [-0.15, -0.1) is 0 Å². The first-order valence-electron chi connectivity index (χ1n) is 18.6. The van der Waals surface area contributed by atoms with E-state index in [0.29, 0.717) is 11.5 Å². The minimum atomic E-state index is -0.484. The van der Waals surface area contributed by atoms with Gasteiger partial charge in [0.1, 0.15) is 5.60 Å². The third-order valence-electron chi connectivity index (χ3n) is 11.8. The lowest BCUT2D eigenvalue weighted by molar-refractivity contribution is -0.283. The van der Waals surface area contributed by atoms with E-state index in [0.717, 1.165) is 77.8 Å². The first-order valence-corrected chi connectivity index (χ1v) is 18.6. The monoisotopic (exact) mass is 616 g/mol. The van der Waals surface area contributed by atoms with Crippen LogP contribution in [0.1, 0.15) is 162 Å². The molecule has 2 aliphatic heterocycles. The second-order valence-electron chi connectivity index (χ2n) is 15.8. The van der Waals surface area contributed by atoms with Gasteiger partial charge in [0.05, 0.1) is 35.6 Å². The van der Waals surface area contributed by atoms with Crippen LogP contribution in [-0.4, -0.2) is 60.4 Å². The number of ether oxygens (including phenoxy) is 5. The van der Waals surface area contributed by atoms with E-state index in [4.69, 9.17) is 23.7 Å². The molecule has 6 fully saturated rings. The molecule has 6 nitrogen and oxygen atoms in total. The van der Waals surface area contributed by atoms with E-state index in [-0.39, 0.29) is 28.4 Å². The summed E-state index contributed by atoms with van der Waals surface area (Å²) in [4.78, 5) is 12.8. The van der Waals surface area contributed by atoms with Crippen LogP contribution in [0.5, 0.6) is 0 Å². The van der Waals surface area contributed by atoms with Gasteiger partial charge in [0.15, 0.2) is 0 Å². The van der Waals surface area contributed by atoms with Crippen LogP contribution in [0.15, 0.2) is 12.2 Å². The van der Waals surface area contributed by atoms with E-state index in [2.05, 4.69) is 20.4 Å². The molecular weight excluding hydrogens is 552 g/mol. The van der Waals surface area contributed by atoms with Crippen molar-refractivity contribution < 1.29 is 28.5 Å². The molecule has 0 N–H and O–H groups in total. The summed E-state index contributed by atoms with van der Waals surface area (Å²) in [6.07, 6.45) is 24.9. The highest BCUT2D eigenvalue weighted by Gasteiger charge is 2.66. The molecule has 0 radical (unpaired) electrons. The van der Waals surface area contributed by atoms with E-state index in [1.807, 2.05) is 0 Å². The predicted molar refractivity (Wildman–Crippen MR) is 175 cm³/mol. The molecule has 6 aliphatic rings. The molecule has 44 heavy (non-hydrogen) atoms. The van der Waals surface area contributed by atoms with Gasteiger partial charge in [-0.05, 0) is 83.5 Å². The lowest BCUT2D eigenvalue weighted by atomic mass is 9.50. The summed E-state index contributed by atoms with van der Waals surface area (Å²) >= 11 is 0. The van der Waals surface area contributed by atoms with Gasteiger partial charge < -0.3 is 23.7 Å². The smallest absolute Gasteiger partial charge is 0.333 e. The van der Waals surface area contributed by atoms with E-state index >= 15 is 0 Å².